The molecule has 0 bridgehead atoms. The van der Waals surface area contributed by atoms with Crippen LogP contribution in [-0.2, 0) is 57.8 Å². The van der Waals surface area contributed by atoms with Crippen molar-refractivity contribution in [3.63, 3.8) is 0 Å². The van der Waals surface area contributed by atoms with E-state index in [4.69, 9.17) is 42.6 Å². The molecule has 12 nitrogen and oxygen atoms in total. The van der Waals surface area contributed by atoms with Crippen LogP contribution in [0, 0.1) is 5.92 Å². The van der Waals surface area contributed by atoms with Crippen LogP contribution in [0.1, 0.15) is 211 Å². The molecule has 10 atom stereocenters. The normalized spacial score (nSPS) is 22.5. The van der Waals surface area contributed by atoms with Gasteiger partial charge < -0.3 is 53.1 Å². The molecule has 0 aliphatic carbocycles. The van der Waals surface area contributed by atoms with Crippen molar-refractivity contribution in [2.45, 2.75) is 276 Å². The molecule has 0 unspecified atom stereocenters. The first-order valence-electron chi connectivity index (χ1n) is 33.0. The van der Waals surface area contributed by atoms with E-state index < -0.39 is 61.3 Å². The Balaban J connectivity index is 1.22. The number of amides is 1. The molecule has 12 heteroatoms. The first-order valence-corrected chi connectivity index (χ1v) is 33.0. The lowest BCUT2D eigenvalue weighted by molar-refractivity contribution is -0.354. The van der Waals surface area contributed by atoms with Crippen molar-refractivity contribution in [3.05, 3.63) is 132 Å². The first kappa shape index (κ1) is 68.7. The van der Waals surface area contributed by atoms with Crippen molar-refractivity contribution >= 4 is 5.91 Å². The van der Waals surface area contributed by atoms with E-state index in [0.717, 1.165) is 42.4 Å². The molecule has 2 aliphatic heterocycles. The molecule has 84 heavy (non-hydrogen) atoms. The van der Waals surface area contributed by atoms with Crippen molar-refractivity contribution in [2.24, 2.45) is 5.92 Å². The highest BCUT2D eigenvalue weighted by Crippen LogP contribution is 2.36. The van der Waals surface area contributed by atoms with Gasteiger partial charge in [0.2, 0.25) is 5.91 Å². The number of aliphatic hydroxyl groups is 1. The molecule has 0 aromatic heterocycles. The minimum atomic E-state index is -1.32. The Morgan fingerprint density at radius 2 is 0.917 bits per heavy atom. The smallest absolute Gasteiger partial charge is 0.217 e. The van der Waals surface area contributed by atoms with E-state index in [-0.39, 0.29) is 31.6 Å². The van der Waals surface area contributed by atoms with Gasteiger partial charge in [0.15, 0.2) is 12.6 Å². The predicted octanol–water partition coefficient (Wildman–Crippen LogP) is 16.4. The third kappa shape index (κ3) is 25.9. The number of hydrogen-bond donors (Lipinski definition) is 2. The molecule has 2 saturated heterocycles. The summed E-state index contributed by atoms with van der Waals surface area (Å²) in [6.07, 6.45) is 25.2. The Morgan fingerprint density at radius 1 is 0.500 bits per heavy atom. The van der Waals surface area contributed by atoms with Gasteiger partial charge in [-0.15, -0.1) is 0 Å². The number of methoxy groups -OCH3 is 1. The van der Waals surface area contributed by atoms with Crippen molar-refractivity contribution in [1.29, 1.82) is 0 Å². The van der Waals surface area contributed by atoms with E-state index in [9.17, 15) is 9.90 Å². The van der Waals surface area contributed by atoms with Gasteiger partial charge in [0.25, 0.3) is 0 Å². The fourth-order valence-electron chi connectivity index (χ4n) is 11.8. The second-order valence-electron chi connectivity index (χ2n) is 23.9. The maximum Gasteiger partial charge on any atom is 0.217 e. The lowest BCUT2D eigenvalue weighted by atomic mass is 9.93. The molecule has 468 valence electrons. The van der Waals surface area contributed by atoms with Crippen molar-refractivity contribution in [1.82, 2.24) is 5.32 Å². The average Bonchev–Trinajstić information content (AvgIpc) is 3.70. The molecule has 1 amide bonds. The summed E-state index contributed by atoms with van der Waals surface area (Å²) in [5.41, 5.74) is 2.94. The van der Waals surface area contributed by atoms with Crippen LogP contribution in [0.25, 0.3) is 0 Å². The molecule has 2 N–H and O–H groups in total. The van der Waals surface area contributed by atoms with Crippen molar-refractivity contribution in [2.75, 3.05) is 20.3 Å². The molecule has 0 saturated carbocycles. The number of carbonyl (C=O) groups excluding carboxylic acids is 1. The van der Waals surface area contributed by atoms with Crippen LogP contribution in [0.4, 0.5) is 0 Å². The van der Waals surface area contributed by atoms with Crippen LogP contribution in [0.3, 0.4) is 0 Å². The number of benzene rings is 4. The average molecular weight is 1160 g/mol. The summed E-state index contributed by atoms with van der Waals surface area (Å²) in [6.45, 7) is 9.19. The van der Waals surface area contributed by atoms with Crippen LogP contribution in [0.15, 0.2) is 115 Å². The molecule has 4 aromatic carbocycles. The number of nitrogens with one attached hydrogen (secondary N) is 1. The van der Waals surface area contributed by atoms with Gasteiger partial charge in [0.1, 0.15) is 60.8 Å². The van der Waals surface area contributed by atoms with Gasteiger partial charge in [-0.3, -0.25) is 4.79 Å². The van der Waals surface area contributed by atoms with Gasteiger partial charge in [-0.25, -0.2) is 0 Å². The second kappa shape index (κ2) is 41.7. The zero-order valence-corrected chi connectivity index (χ0v) is 52.3. The van der Waals surface area contributed by atoms with Gasteiger partial charge in [-0.05, 0) is 66.6 Å². The maximum atomic E-state index is 13.5. The summed E-state index contributed by atoms with van der Waals surface area (Å²) in [4.78, 5) is 13.5. The fraction of sp³-hybridized carbons (Fsp3) is 0.653. The second-order valence-corrected chi connectivity index (χ2v) is 23.9. The summed E-state index contributed by atoms with van der Waals surface area (Å²) < 4.78 is 60.3. The number of unbranched alkanes of at least 4 members (excludes halogenated alkanes) is 22. The highest BCUT2D eigenvalue weighted by Gasteiger charge is 2.53. The third-order valence-corrected chi connectivity index (χ3v) is 16.8. The lowest BCUT2D eigenvalue weighted by Gasteiger charge is -2.49. The van der Waals surface area contributed by atoms with E-state index in [0.29, 0.717) is 24.7 Å². The van der Waals surface area contributed by atoms with Gasteiger partial charge in [-0.1, -0.05) is 259 Å². The van der Waals surface area contributed by atoms with Gasteiger partial charge in [0.05, 0.1) is 39.6 Å². The topological polar surface area (TPSA) is 132 Å². The summed E-state index contributed by atoms with van der Waals surface area (Å²) in [5.74, 6) is 1.24. The maximum absolute atomic E-state index is 13.5. The number of rotatable bonds is 45. The van der Waals surface area contributed by atoms with Gasteiger partial charge in [0, 0.05) is 6.92 Å². The Bertz CT molecular complexity index is 2210. The zero-order chi connectivity index (χ0) is 59.2. The molecule has 2 heterocycles. The van der Waals surface area contributed by atoms with Gasteiger partial charge in [-0.2, -0.15) is 0 Å². The van der Waals surface area contributed by atoms with Crippen LogP contribution in [0.2, 0.25) is 0 Å². The fourth-order valence-corrected chi connectivity index (χ4v) is 11.8. The largest absolute Gasteiger partial charge is 0.497 e. The molecule has 2 fully saturated rings. The van der Waals surface area contributed by atoms with Gasteiger partial charge >= 0.3 is 0 Å². The van der Waals surface area contributed by atoms with Crippen LogP contribution in [-0.4, -0.2) is 92.7 Å². The monoisotopic (exact) mass is 1160 g/mol. The first-order chi connectivity index (χ1) is 41.3. The molecule has 6 rings (SSSR count). The molecular weight excluding hydrogens is 1050 g/mol. The Hall–Kier alpha value is -4.37. The van der Waals surface area contributed by atoms with E-state index in [2.05, 4.69) is 19.2 Å². The number of hydrogen-bond acceptors (Lipinski definition) is 11. The van der Waals surface area contributed by atoms with Crippen LogP contribution >= 0.6 is 0 Å². The van der Waals surface area contributed by atoms with E-state index in [1.54, 1.807) is 7.11 Å². The quantitative estimate of drug-likeness (QED) is 0.0410. The van der Waals surface area contributed by atoms with E-state index in [1.165, 1.54) is 148 Å². The lowest BCUT2D eigenvalue weighted by Crippen LogP contribution is -2.68. The SMILES string of the molecule is CCCCCCCCCCCCCCC(CCCCCCCCCCCCCC)CO[C@@H]1O[C@H](COc2ccc(OC)cc2)[C@@H](O)[C@H](O[C@@H]2O[C@@H](C)[C@@H](OCc3ccccc3)[C@@H](OCc3ccccc3)[C@@H]2OCc2ccccc2)[C@H]1NC(C)=O. The Kier molecular flexibility index (Phi) is 34.1. The summed E-state index contributed by atoms with van der Waals surface area (Å²) in [5, 5.41) is 15.8. The third-order valence-electron chi connectivity index (χ3n) is 16.8. The molecule has 4 aromatic rings. The van der Waals surface area contributed by atoms with Crippen LogP contribution in [0.5, 0.6) is 11.5 Å². The number of ether oxygens (including phenoxy) is 9. The van der Waals surface area contributed by atoms with E-state index in [1.807, 2.05) is 122 Å². The predicted molar refractivity (Wildman–Crippen MR) is 336 cm³/mol. The number of aliphatic hydroxyl groups excluding tert-OH is 1. The van der Waals surface area contributed by atoms with E-state index >= 15 is 0 Å². The van der Waals surface area contributed by atoms with Crippen LogP contribution < -0.4 is 14.8 Å². The summed E-state index contributed by atoms with van der Waals surface area (Å²) >= 11 is 0. The molecule has 0 radical (unpaired) electrons. The zero-order valence-electron chi connectivity index (χ0n) is 52.3. The minimum Gasteiger partial charge on any atom is -0.497 e. The highest BCUT2D eigenvalue weighted by molar-refractivity contribution is 5.73. The number of carbonyl (C=O) groups is 1. The molecular formula is C72H109NO11. The summed E-state index contributed by atoms with van der Waals surface area (Å²) in [6, 6.07) is 36.4. The standard InChI is InChI=1S/C72H109NO11/c1-6-8-10-12-14-16-18-20-22-24-26-31-39-61(40-32-27-25-23-21-19-17-15-13-11-9-7-2)54-81-71-65(73-57(4)74)68(66(75)64(83-71)55-77-63-49-47-62(76-5)48-50-63)84-72-70(80-53-60-45-37-30-38-46-60)69(79-52-59-43-35-29-36-44-59)67(56(3)82-72)78-51-58-41-33-28-34-42-58/h28-30,33-38,41-50,56,61,64-72,75H,6-27,31-32,39-40,51-55H2,1-5H3,(H,73,74)/t56-,64+,65+,66+,67+,68+,69+,70-,71+,72-/m0/s1. The van der Waals surface area contributed by atoms with Crippen molar-refractivity contribution in [3.8, 4) is 11.5 Å². The Morgan fingerprint density at radius 3 is 1.36 bits per heavy atom. The van der Waals surface area contributed by atoms with Crippen molar-refractivity contribution < 1.29 is 52.5 Å². The molecule has 0 spiro atoms. The highest BCUT2D eigenvalue weighted by atomic mass is 16.7. The minimum absolute atomic E-state index is 0.0325. The molecule has 2 aliphatic rings. The summed E-state index contributed by atoms with van der Waals surface area (Å²) in [7, 11) is 1.62. The Labute approximate surface area is 507 Å².